The van der Waals surface area contributed by atoms with Crippen LogP contribution in [0.15, 0.2) is 69.9 Å². The molecule has 0 saturated carbocycles. The van der Waals surface area contributed by atoms with E-state index >= 15 is 0 Å². The van der Waals surface area contributed by atoms with E-state index in [0.717, 1.165) is 0 Å². The highest BCUT2D eigenvalue weighted by Gasteiger charge is 2.26. The lowest BCUT2D eigenvalue weighted by molar-refractivity contribution is 0.0698. The van der Waals surface area contributed by atoms with E-state index in [-0.39, 0.29) is 22.0 Å². The SMILES string of the molecule is Cc1c(N2Cc3ccccc3C2)oc2c([C@@H](C)Nc3ccccc3C(=O)O)cc(F)cc2c1=O. The average molecular weight is 458 g/mol. The number of aromatic carboxylic acids is 1. The van der Waals surface area contributed by atoms with Gasteiger partial charge in [0, 0.05) is 24.3 Å². The smallest absolute Gasteiger partial charge is 0.337 e. The molecule has 7 heteroatoms. The summed E-state index contributed by atoms with van der Waals surface area (Å²) >= 11 is 0. The molecular weight excluding hydrogens is 435 g/mol. The summed E-state index contributed by atoms with van der Waals surface area (Å²) in [5.74, 6) is -1.17. The number of anilines is 2. The molecule has 2 N–H and O–H groups in total. The second-order valence-electron chi connectivity index (χ2n) is 8.57. The lowest BCUT2D eigenvalue weighted by atomic mass is 10.0. The number of para-hydroxylation sites is 1. The molecule has 0 aliphatic carbocycles. The van der Waals surface area contributed by atoms with Gasteiger partial charge in [-0.15, -0.1) is 0 Å². The molecule has 1 atom stereocenters. The lowest BCUT2D eigenvalue weighted by Crippen LogP contribution is -2.20. The van der Waals surface area contributed by atoms with Crippen molar-refractivity contribution in [2.75, 3.05) is 10.2 Å². The van der Waals surface area contributed by atoms with E-state index in [1.54, 1.807) is 32.0 Å². The van der Waals surface area contributed by atoms with Gasteiger partial charge in [-0.2, -0.15) is 0 Å². The van der Waals surface area contributed by atoms with E-state index in [0.29, 0.717) is 35.8 Å². The third kappa shape index (κ3) is 3.69. The fraction of sp³-hybridized carbons (Fsp3) is 0.185. The molecule has 1 aromatic heterocycles. The van der Waals surface area contributed by atoms with Crippen LogP contribution >= 0.6 is 0 Å². The highest BCUT2D eigenvalue weighted by atomic mass is 19.1. The quantitative estimate of drug-likeness (QED) is 0.403. The molecule has 34 heavy (non-hydrogen) atoms. The summed E-state index contributed by atoms with van der Waals surface area (Å²) in [4.78, 5) is 26.9. The zero-order valence-electron chi connectivity index (χ0n) is 18.8. The summed E-state index contributed by atoms with van der Waals surface area (Å²) in [6.07, 6.45) is 0. The van der Waals surface area contributed by atoms with Gasteiger partial charge >= 0.3 is 5.97 Å². The van der Waals surface area contributed by atoms with Crippen LogP contribution < -0.4 is 15.6 Å². The van der Waals surface area contributed by atoms with Gasteiger partial charge in [0.1, 0.15) is 11.4 Å². The lowest BCUT2D eigenvalue weighted by Gasteiger charge is -2.22. The predicted octanol–water partition coefficient (Wildman–Crippen LogP) is 5.63. The maximum absolute atomic E-state index is 14.6. The zero-order chi connectivity index (χ0) is 24.0. The summed E-state index contributed by atoms with van der Waals surface area (Å²) in [6.45, 7) is 4.70. The first-order valence-electron chi connectivity index (χ1n) is 11.0. The largest absolute Gasteiger partial charge is 0.478 e. The Morgan fingerprint density at radius 1 is 1.09 bits per heavy atom. The van der Waals surface area contributed by atoms with Crippen LogP contribution in [0.2, 0.25) is 0 Å². The molecule has 0 spiro atoms. The molecule has 6 nitrogen and oxygen atoms in total. The molecule has 172 valence electrons. The minimum Gasteiger partial charge on any atom is -0.478 e. The number of carbonyl (C=O) groups is 1. The summed E-state index contributed by atoms with van der Waals surface area (Å²) < 4.78 is 20.9. The number of benzene rings is 3. The predicted molar refractivity (Wildman–Crippen MR) is 129 cm³/mol. The van der Waals surface area contributed by atoms with Crippen LogP contribution in [0.3, 0.4) is 0 Å². The van der Waals surface area contributed by atoms with Crippen molar-refractivity contribution in [3.63, 3.8) is 0 Å². The standard InChI is InChI=1S/C27H23FN2O4/c1-15-24(31)22-12-19(28)11-21(16(2)29-23-10-6-5-9-20(23)27(32)33)25(22)34-26(15)30-13-17-7-3-4-8-18(17)14-30/h3-12,16,29H,13-14H2,1-2H3,(H,32,33)/t16-/m1/s1. The minimum atomic E-state index is -1.07. The average Bonchev–Trinajstić information content (AvgIpc) is 3.25. The molecule has 3 aromatic carbocycles. The van der Waals surface area contributed by atoms with Gasteiger partial charge in [0.15, 0.2) is 5.43 Å². The number of fused-ring (bicyclic) bond motifs is 2. The van der Waals surface area contributed by atoms with Crippen molar-refractivity contribution >= 4 is 28.5 Å². The Bertz CT molecular complexity index is 1470. The van der Waals surface area contributed by atoms with Crippen molar-refractivity contribution in [2.45, 2.75) is 33.0 Å². The second-order valence-corrected chi connectivity index (χ2v) is 8.57. The van der Waals surface area contributed by atoms with Crippen molar-refractivity contribution in [1.29, 1.82) is 0 Å². The van der Waals surface area contributed by atoms with Crippen LogP contribution in [0.1, 0.15) is 45.6 Å². The third-order valence-corrected chi connectivity index (χ3v) is 6.31. The van der Waals surface area contributed by atoms with Gasteiger partial charge in [-0.25, -0.2) is 9.18 Å². The Labute approximate surface area is 195 Å². The number of nitrogens with one attached hydrogen (secondary N) is 1. The number of rotatable bonds is 5. The van der Waals surface area contributed by atoms with E-state index < -0.39 is 17.8 Å². The van der Waals surface area contributed by atoms with Crippen LogP contribution in [0.5, 0.6) is 0 Å². The normalized spacial score (nSPS) is 13.7. The maximum Gasteiger partial charge on any atom is 0.337 e. The molecule has 0 unspecified atom stereocenters. The summed E-state index contributed by atoms with van der Waals surface area (Å²) in [7, 11) is 0. The van der Waals surface area contributed by atoms with Crippen molar-refractivity contribution in [2.24, 2.45) is 0 Å². The first kappa shape index (κ1) is 21.7. The van der Waals surface area contributed by atoms with Crippen molar-refractivity contribution in [3.05, 3.63) is 105 Å². The number of hydrogen-bond acceptors (Lipinski definition) is 5. The highest BCUT2D eigenvalue weighted by Crippen LogP contribution is 2.35. The van der Waals surface area contributed by atoms with Gasteiger partial charge in [0.25, 0.3) is 0 Å². The summed E-state index contributed by atoms with van der Waals surface area (Å²) in [5.41, 5.74) is 3.70. The molecule has 0 saturated heterocycles. The van der Waals surface area contributed by atoms with Crippen LogP contribution in [-0.4, -0.2) is 11.1 Å². The highest BCUT2D eigenvalue weighted by molar-refractivity contribution is 5.94. The fourth-order valence-corrected chi connectivity index (χ4v) is 4.58. The third-order valence-electron chi connectivity index (χ3n) is 6.31. The molecular formula is C27H23FN2O4. The van der Waals surface area contributed by atoms with Gasteiger partial charge < -0.3 is 19.7 Å². The summed E-state index contributed by atoms with van der Waals surface area (Å²) in [5, 5.41) is 12.8. The minimum absolute atomic E-state index is 0.0999. The molecule has 1 aliphatic rings. The van der Waals surface area contributed by atoms with Crippen molar-refractivity contribution in [1.82, 2.24) is 0 Å². The number of nitrogens with zero attached hydrogens (tertiary/aromatic N) is 1. The van der Waals surface area contributed by atoms with E-state index in [1.807, 2.05) is 17.0 Å². The van der Waals surface area contributed by atoms with E-state index in [1.165, 1.54) is 29.3 Å². The number of hydrogen-bond donors (Lipinski definition) is 2. The molecule has 2 heterocycles. The first-order chi connectivity index (χ1) is 16.3. The Kier molecular flexibility index (Phi) is 5.32. The number of carboxylic acids is 1. The molecule has 5 rings (SSSR count). The first-order valence-corrected chi connectivity index (χ1v) is 11.0. The molecule has 0 bridgehead atoms. The van der Waals surface area contributed by atoms with Gasteiger partial charge in [-0.1, -0.05) is 36.4 Å². The molecule has 0 radical (unpaired) electrons. The Hall–Kier alpha value is -4.13. The molecule has 0 fully saturated rings. The Morgan fingerprint density at radius 2 is 1.74 bits per heavy atom. The van der Waals surface area contributed by atoms with E-state index in [4.69, 9.17) is 4.42 Å². The number of carboxylic acid groups (broad SMARTS) is 1. The van der Waals surface area contributed by atoms with Gasteiger partial charge in [0.2, 0.25) is 5.88 Å². The van der Waals surface area contributed by atoms with Crippen LogP contribution in [0, 0.1) is 12.7 Å². The van der Waals surface area contributed by atoms with Crippen LogP contribution in [0.4, 0.5) is 16.0 Å². The van der Waals surface area contributed by atoms with Gasteiger partial charge in [-0.3, -0.25) is 4.79 Å². The Balaban J connectivity index is 1.60. The fourth-order valence-electron chi connectivity index (χ4n) is 4.58. The van der Waals surface area contributed by atoms with Crippen molar-refractivity contribution < 1.29 is 18.7 Å². The molecule has 1 aliphatic heterocycles. The zero-order valence-corrected chi connectivity index (χ0v) is 18.8. The van der Waals surface area contributed by atoms with Gasteiger partial charge in [-0.05, 0) is 49.2 Å². The van der Waals surface area contributed by atoms with Crippen LogP contribution in [-0.2, 0) is 13.1 Å². The summed E-state index contributed by atoms with van der Waals surface area (Å²) in [6, 6.07) is 16.5. The Morgan fingerprint density at radius 3 is 2.41 bits per heavy atom. The van der Waals surface area contributed by atoms with E-state index in [2.05, 4.69) is 17.4 Å². The molecule has 4 aromatic rings. The second kappa shape index (κ2) is 8.33. The number of halogens is 1. The van der Waals surface area contributed by atoms with Crippen molar-refractivity contribution in [3.8, 4) is 0 Å². The monoisotopic (exact) mass is 458 g/mol. The molecule has 0 amide bonds. The topological polar surface area (TPSA) is 82.8 Å². The van der Waals surface area contributed by atoms with E-state index in [9.17, 15) is 19.1 Å². The van der Waals surface area contributed by atoms with Gasteiger partial charge in [0.05, 0.1) is 22.6 Å². The maximum atomic E-state index is 14.6. The van der Waals surface area contributed by atoms with Crippen LogP contribution in [0.25, 0.3) is 11.0 Å².